The van der Waals surface area contributed by atoms with Crippen molar-refractivity contribution in [2.24, 2.45) is 0 Å². The normalized spacial score (nSPS) is 21.0. The van der Waals surface area contributed by atoms with E-state index in [1.165, 1.54) is 32.1 Å². The summed E-state index contributed by atoms with van der Waals surface area (Å²) in [5, 5.41) is 0. The molecule has 0 aromatic heterocycles. The van der Waals surface area contributed by atoms with Crippen molar-refractivity contribution >= 4 is 0 Å². The molecule has 1 saturated carbocycles. The lowest BCUT2D eigenvalue weighted by molar-refractivity contribution is -0.0597. The predicted octanol–water partition coefficient (Wildman–Crippen LogP) is 3.15. The second-order valence-corrected chi connectivity index (χ2v) is 4.28. The number of ether oxygens (including phenoxy) is 2. The van der Waals surface area contributed by atoms with Gasteiger partial charge in [0.05, 0.1) is 18.8 Å². The first-order valence-corrected chi connectivity index (χ1v) is 6.06. The summed E-state index contributed by atoms with van der Waals surface area (Å²) in [5.41, 5.74) is 0. The van der Waals surface area contributed by atoms with E-state index in [0.717, 1.165) is 19.6 Å². The summed E-state index contributed by atoms with van der Waals surface area (Å²) in [6.07, 6.45) is 8.43. The van der Waals surface area contributed by atoms with E-state index in [9.17, 15) is 0 Å². The fourth-order valence-corrected chi connectivity index (χ4v) is 1.96. The molecule has 1 atom stereocenters. The molecule has 2 heteroatoms. The van der Waals surface area contributed by atoms with Crippen LogP contribution in [0.3, 0.4) is 0 Å². The van der Waals surface area contributed by atoms with Gasteiger partial charge in [-0.05, 0) is 26.2 Å². The standard InChI is InChI=1S/C12H24O2/c1-3-9-13-10-11(2)14-12-7-5-4-6-8-12/h11-12H,3-10H2,1-2H3. The van der Waals surface area contributed by atoms with E-state index in [0.29, 0.717) is 6.10 Å². The topological polar surface area (TPSA) is 18.5 Å². The minimum atomic E-state index is 0.268. The number of hydrogen-bond donors (Lipinski definition) is 0. The quantitative estimate of drug-likeness (QED) is 0.613. The molecule has 0 amide bonds. The molecule has 0 aromatic carbocycles. The van der Waals surface area contributed by atoms with Gasteiger partial charge in [0, 0.05) is 6.61 Å². The van der Waals surface area contributed by atoms with Crippen molar-refractivity contribution in [2.75, 3.05) is 13.2 Å². The van der Waals surface area contributed by atoms with Crippen molar-refractivity contribution in [1.82, 2.24) is 0 Å². The van der Waals surface area contributed by atoms with Gasteiger partial charge in [0.15, 0.2) is 0 Å². The molecule has 14 heavy (non-hydrogen) atoms. The van der Waals surface area contributed by atoms with Gasteiger partial charge < -0.3 is 9.47 Å². The van der Waals surface area contributed by atoms with Gasteiger partial charge in [0.25, 0.3) is 0 Å². The minimum absolute atomic E-state index is 0.268. The van der Waals surface area contributed by atoms with Crippen LogP contribution in [0.15, 0.2) is 0 Å². The van der Waals surface area contributed by atoms with Crippen molar-refractivity contribution in [3.05, 3.63) is 0 Å². The largest absolute Gasteiger partial charge is 0.379 e. The second kappa shape index (κ2) is 7.24. The Morgan fingerprint density at radius 1 is 1.21 bits per heavy atom. The molecule has 1 rings (SSSR count). The first-order valence-electron chi connectivity index (χ1n) is 6.06. The van der Waals surface area contributed by atoms with Gasteiger partial charge in [-0.2, -0.15) is 0 Å². The Kier molecular flexibility index (Phi) is 6.20. The molecule has 0 saturated heterocycles. The summed E-state index contributed by atoms with van der Waals surface area (Å²) in [5.74, 6) is 0. The summed E-state index contributed by atoms with van der Waals surface area (Å²) in [6.45, 7) is 5.86. The summed E-state index contributed by atoms with van der Waals surface area (Å²) >= 11 is 0. The van der Waals surface area contributed by atoms with Gasteiger partial charge in [-0.3, -0.25) is 0 Å². The molecular weight excluding hydrogens is 176 g/mol. The first kappa shape index (κ1) is 12.0. The van der Waals surface area contributed by atoms with E-state index in [2.05, 4.69) is 13.8 Å². The van der Waals surface area contributed by atoms with Crippen LogP contribution < -0.4 is 0 Å². The van der Waals surface area contributed by atoms with Crippen molar-refractivity contribution in [3.8, 4) is 0 Å². The lowest BCUT2D eigenvalue weighted by atomic mass is 9.98. The summed E-state index contributed by atoms with van der Waals surface area (Å²) in [6, 6.07) is 0. The van der Waals surface area contributed by atoms with E-state index in [4.69, 9.17) is 9.47 Å². The van der Waals surface area contributed by atoms with E-state index in [1.807, 2.05) is 0 Å². The van der Waals surface area contributed by atoms with Crippen LogP contribution >= 0.6 is 0 Å². The summed E-state index contributed by atoms with van der Waals surface area (Å²) in [4.78, 5) is 0. The van der Waals surface area contributed by atoms with E-state index >= 15 is 0 Å². The smallest absolute Gasteiger partial charge is 0.0784 e. The number of hydrogen-bond acceptors (Lipinski definition) is 2. The highest BCUT2D eigenvalue weighted by molar-refractivity contribution is 4.66. The molecule has 0 aromatic rings. The Morgan fingerprint density at radius 2 is 1.93 bits per heavy atom. The van der Waals surface area contributed by atoms with E-state index in [1.54, 1.807) is 0 Å². The van der Waals surface area contributed by atoms with Crippen LogP contribution in [0.5, 0.6) is 0 Å². The zero-order valence-corrected chi connectivity index (χ0v) is 9.63. The van der Waals surface area contributed by atoms with Gasteiger partial charge >= 0.3 is 0 Å². The maximum Gasteiger partial charge on any atom is 0.0784 e. The van der Waals surface area contributed by atoms with Crippen LogP contribution in [0.25, 0.3) is 0 Å². The minimum Gasteiger partial charge on any atom is -0.379 e. The molecule has 0 spiro atoms. The maximum atomic E-state index is 5.91. The monoisotopic (exact) mass is 200 g/mol. The van der Waals surface area contributed by atoms with Gasteiger partial charge in [-0.15, -0.1) is 0 Å². The molecule has 1 unspecified atom stereocenters. The zero-order valence-electron chi connectivity index (χ0n) is 9.63. The fraction of sp³-hybridized carbons (Fsp3) is 1.00. The Balaban J connectivity index is 2.03. The molecule has 84 valence electrons. The third kappa shape index (κ3) is 4.97. The fourth-order valence-electron chi connectivity index (χ4n) is 1.96. The van der Waals surface area contributed by atoms with E-state index < -0.39 is 0 Å². The van der Waals surface area contributed by atoms with Gasteiger partial charge in [-0.1, -0.05) is 26.2 Å². The third-order valence-corrected chi connectivity index (χ3v) is 2.68. The molecule has 2 nitrogen and oxygen atoms in total. The van der Waals surface area contributed by atoms with E-state index in [-0.39, 0.29) is 6.10 Å². The summed E-state index contributed by atoms with van der Waals surface area (Å²) < 4.78 is 11.4. The van der Waals surface area contributed by atoms with Crippen LogP contribution in [-0.2, 0) is 9.47 Å². The van der Waals surface area contributed by atoms with Crippen LogP contribution in [-0.4, -0.2) is 25.4 Å². The van der Waals surface area contributed by atoms with Crippen LogP contribution in [0, 0.1) is 0 Å². The molecule has 1 aliphatic carbocycles. The first-order chi connectivity index (χ1) is 6.83. The van der Waals surface area contributed by atoms with Gasteiger partial charge in [0.2, 0.25) is 0 Å². The Hall–Kier alpha value is -0.0800. The molecule has 1 aliphatic rings. The highest BCUT2D eigenvalue weighted by Gasteiger charge is 2.16. The van der Waals surface area contributed by atoms with Crippen LogP contribution in [0.4, 0.5) is 0 Å². The molecule has 0 heterocycles. The Labute approximate surface area is 88.0 Å². The Bertz CT molecular complexity index is 130. The highest BCUT2D eigenvalue weighted by Crippen LogP contribution is 2.21. The van der Waals surface area contributed by atoms with Gasteiger partial charge in [0.1, 0.15) is 0 Å². The second-order valence-electron chi connectivity index (χ2n) is 4.28. The van der Waals surface area contributed by atoms with Crippen molar-refractivity contribution in [3.63, 3.8) is 0 Å². The van der Waals surface area contributed by atoms with Crippen LogP contribution in [0.1, 0.15) is 52.4 Å². The molecule has 0 aliphatic heterocycles. The third-order valence-electron chi connectivity index (χ3n) is 2.68. The molecular formula is C12H24O2. The maximum absolute atomic E-state index is 5.91. The van der Waals surface area contributed by atoms with Crippen molar-refractivity contribution < 1.29 is 9.47 Å². The molecule has 0 N–H and O–H groups in total. The predicted molar refractivity (Wildman–Crippen MR) is 58.5 cm³/mol. The van der Waals surface area contributed by atoms with Gasteiger partial charge in [-0.25, -0.2) is 0 Å². The van der Waals surface area contributed by atoms with Crippen molar-refractivity contribution in [1.29, 1.82) is 0 Å². The van der Waals surface area contributed by atoms with Crippen molar-refractivity contribution in [2.45, 2.75) is 64.6 Å². The molecule has 1 fully saturated rings. The van der Waals surface area contributed by atoms with Crippen LogP contribution in [0.2, 0.25) is 0 Å². The lowest BCUT2D eigenvalue weighted by Gasteiger charge is -2.25. The average Bonchev–Trinajstić information content (AvgIpc) is 2.20. The highest BCUT2D eigenvalue weighted by atomic mass is 16.5. The Morgan fingerprint density at radius 3 is 2.57 bits per heavy atom. The summed E-state index contributed by atoms with van der Waals surface area (Å²) in [7, 11) is 0. The number of rotatable bonds is 6. The SMILES string of the molecule is CCCOCC(C)OC1CCCCC1. The average molecular weight is 200 g/mol. The lowest BCUT2D eigenvalue weighted by Crippen LogP contribution is -2.25. The molecule has 0 bridgehead atoms. The molecule has 0 radical (unpaired) electrons. The zero-order chi connectivity index (χ0) is 10.2.